The molecule has 310 valence electrons. The summed E-state index contributed by atoms with van der Waals surface area (Å²) < 4.78 is 7.20. The van der Waals surface area contributed by atoms with E-state index >= 15 is 0 Å². The maximum absolute atomic E-state index is 6.27. The molecule has 0 radical (unpaired) electrons. The minimum absolute atomic E-state index is 0.111. The summed E-state index contributed by atoms with van der Waals surface area (Å²) in [6, 6.07) is 41.1. The molecule has 0 fully saturated rings. The van der Waals surface area contributed by atoms with E-state index in [9.17, 15) is 0 Å². The van der Waals surface area contributed by atoms with Crippen LogP contribution >= 0.6 is 11.6 Å². The first-order valence-electron chi connectivity index (χ1n) is 21.3. The molecule has 6 aromatic rings. The van der Waals surface area contributed by atoms with Crippen molar-refractivity contribution >= 4 is 62.8 Å². The Morgan fingerprint density at radius 3 is 2.37 bits per heavy atom. The van der Waals surface area contributed by atoms with Crippen LogP contribution in [0.5, 0.6) is 0 Å². The number of hydrogen-bond donors (Lipinski definition) is 2. The van der Waals surface area contributed by atoms with Crippen molar-refractivity contribution in [3.63, 3.8) is 0 Å². The number of fused-ring (bicyclic) bond motifs is 4. The van der Waals surface area contributed by atoms with Crippen LogP contribution in [-0.2, 0) is 18.5 Å². The molecule has 0 amide bonds. The summed E-state index contributed by atoms with van der Waals surface area (Å²) >= 11 is 6.27. The molecule has 1 aromatic heterocycles. The molecule has 0 spiro atoms. The number of nitrogens with zero attached hydrogens (tertiary/aromatic N) is 6. The summed E-state index contributed by atoms with van der Waals surface area (Å²) in [5.41, 5.74) is 21.7. The van der Waals surface area contributed by atoms with Gasteiger partial charge in [-0.3, -0.25) is 5.01 Å². The Hall–Kier alpha value is -5.54. The Morgan fingerprint density at radius 1 is 0.933 bits per heavy atom. The number of hydrazone groups is 1. The zero-order valence-electron chi connectivity index (χ0n) is 36.8. The Bertz CT molecular complexity index is 2580. The average Bonchev–Trinajstić information content (AvgIpc) is 3.98. The van der Waals surface area contributed by atoms with Gasteiger partial charge in [-0.25, -0.2) is 4.57 Å². The minimum Gasteiger partial charge on any atom is -0.378 e. The number of halogens is 1. The van der Waals surface area contributed by atoms with E-state index in [2.05, 4.69) is 187 Å². The lowest BCUT2D eigenvalue weighted by atomic mass is 9.79. The van der Waals surface area contributed by atoms with Crippen molar-refractivity contribution in [3.05, 3.63) is 148 Å². The molecule has 1 unspecified atom stereocenters. The molecule has 3 aliphatic rings. The minimum atomic E-state index is -0.111. The summed E-state index contributed by atoms with van der Waals surface area (Å²) in [6.07, 6.45) is 4.33. The molecular weight excluding hydrogens is 760 g/mol. The van der Waals surface area contributed by atoms with Gasteiger partial charge in [0.2, 0.25) is 11.4 Å². The fourth-order valence-corrected chi connectivity index (χ4v) is 9.16. The lowest BCUT2D eigenvalue weighted by Gasteiger charge is -2.19. The zero-order chi connectivity index (χ0) is 42.7. The van der Waals surface area contributed by atoms with Crippen LogP contribution in [0.1, 0.15) is 75.5 Å². The predicted octanol–water partition coefficient (Wildman–Crippen LogP) is 10.3. The summed E-state index contributed by atoms with van der Waals surface area (Å²) in [5.74, 6) is 1.28. The molecule has 1 atom stereocenters. The summed E-state index contributed by atoms with van der Waals surface area (Å²) in [6.45, 7) is 15.2. The van der Waals surface area contributed by atoms with E-state index in [0.29, 0.717) is 12.7 Å². The lowest BCUT2D eigenvalue weighted by molar-refractivity contribution is -0.664. The van der Waals surface area contributed by atoms with Crippen molar-refractivity contribution in [2.45, 2.75) is 78.9 Å². The molecule has 5 aromatic carbocycles. The van der Waals surface area contributed by atoms with E-state index < -0.39 is 0 Å². The molecule has 0 aliphatic carbocycles. The Labute approximate surface area is 361 Å². The van der Waals surface area contributed by atoms with Gasteiger partial charge in [0.05, 0.1) is 23.7 Å². The van der Waals surface area contributed by atoms with Crippen LogP contribution in [0.2, 0.25) is 5.02 Å². The molecule has 0 saturated carbocycles. The monoisotopic (exact) mass is 820 g/mol. The number of allylic oxidation sites excluding steroid dienone is 1. The van der Waals surface area contributed by atoms with Crippen LogP contribution in [0.3, 0.4) is 0 Å². The molecule has 0 bridgehead atoms. The van der Waals surface area contributed by atoms with Gasteiger partial charge in [0.15, 0.2) is 11.0 Å². The summed E-state index contributed by atoms with van der Waals surface area (Å²) in [4.78, 5) is 2.13. The van der Waals surface area contributed by atoms with Gasteiger partial charge in [-0.05, 0) is 105 Å². The van der Waals surface area contributed by atoms with Gasteiger partial charge < -0.3 is 16.0 Å². The standard InChI is InChI=1S/C28H32N5.C21H23ClN3.C2H6/c1-20-8-9-22(18-30-19-29)17-27(20)33-26-7-5-4-6-25(26)32-15-14-23(28(32)33)16-21-10-12-24(13-11-21)31(2)3;1-14-12-18(23-25(14)16-8-6-5-7-9-16)20-21(2,3)17-13-15(22)10-11-19(17)24(20)4;1-2/h4-13,16-17,30H,14-15,18-19,29H2,1-3H3;5-11,13-14H,12H2,1-4H3;1-2H3/q2*+1;. The van der Waals surface area contributed by atoms with Gasteiger partial charge >= 0.3 is 0 Å². The van der Waals surface area contributed by atoms with Crippen molar-refractivity contribution in [2.24, 2.45) is 10.8 Å². The number of hydrogen-bond acceptors (Lipinski definition) is 5. The fourth-order valence-electron chi connectivity index (χ4n) is 8.99. The van der Waals surface area contributed by atoms with Crippen LogP contribution in [-0.4, -0.2) is 54.4 Å². The van der Waals surface area contributed by atoms with Gasteiger partial charge in [0, 0.05) is 68.1 Å². The molecular formula is C51H61ClN8+2. The molecule has 60 heavy (non-hydrogen) atoms. The van der Waals surface area contributed by atoms with Gasteiger partial charge in [-0.15, -0.1) is 0 Å². The second kappa shape index (κ2) is 18.0. The first-order valence-corrected chi connectivity index (χ1v) is 21.7. The zero-order valence-corrected chi connectivity index (χ0v) is 37.6. The number of para-hydroxylation sites is 3. The van der Waals surface area contributed by atoms with E-state index in [4.69, 9.17) is 22.4 Å². The highest BCUT2D eigenvalue weighted by Crippen LogP contribution is 2.42. The van der Waals surface area contributed by atoms with Crippen molar-refractivity contribution in [2.75, 3.05) is 37.7 Å². The largest absolute Gasteiger partial charge is 0.378 e. The van der Waals surface area contributed by atoms with Crippen LogP contribution < -0.4 is 25.5 Å². The maximum atomic E-state index is 6.27. The predicted molar refractivity (Wildman–Crippen MR) is 254 cm³/mol. The molecule has 9 heteroatoms. The number of aromatic nitrogens is 2. The highest BCUT2D eigenvalue weighted by Gasteiger charge is 2.48. The SMILES string of the molecule is CC.CC1CC(C2=[N+](C)c3ccc(Cl)cc3C2(C)C)=NN1c1ccccc1.Cc1ccc(CNCN)cc1-n1c2[n+](c3ccccc31)CC/C2=C\c1ccc(N(C)C)cc1. The third kappa shape index (κ3) is 8.16. The van der Waals surface area contributed by atoms with Gasteiger partial charge in [-0.1, -0.05) is 80.0 Å². The lowest BCUT2D eigenvalue weighted by Crippen LogP contribution is -2.35. The van der Waals surface area contributed by atoms with E-state index in [-0.39, 0.29) is 5.41 Å². The quantitative estimate of drug-likeness (QED) is 0.119. The molecule has 8 nitrogen and oxygen atoms in total. The van der Waals surface area contributed by atoms with Gasteiger partial charge in [0.25, 0.3) is 5.82 Å². The second-order valence-corrected chi connectivity index (χ2v) is 16.9. The number of nitrogens with one attached hydrogen (secondary N) is 1. The van der Waals surface area contributed by atoms with Crippen molar-refractivity contribution in [3.8, 4) is 5.69 Å². The number of anilines is 2. The molecule has 3 aliphatic heterocycles. The van der Waals surface area contributed by atoms with Crippen LogP contribution in [0, 0.1) is 6.92 Å². The molecule has 0 saturated heterocycles. The van der Waals surface area contributed by atoms with E-state index in [1.54, 1.807) is 0 Å². The highest BCUT2D eigenvalue weighted by molar-refractivity contribution is 6.45. The van der Waals surface area contributed by atoms with Crippen LogP contribution in [0.15, 0.2) is 120 Å². The Kier molecular flexibility index (Phi) is 12.8. The van der Waals surface area contributed by atoms with E-state index in [1.165, 1.54) is 67.5 Å². The topological polar surface area (TPSA) is 68.7 Å². The van der Waals surface area contributed by atoms with E-state index in [0.717, 1.165) is 42.4 Å². The first-order chi connectivity index (χ1) is 29.0. The number of rotatable bonds is 8. The smallest absolute Gasteiger partial charge is 0.291 e. The van der Waals surface area contributed by atoms with E-state index in [1.807, 2.05) is 26.0 Å². The average molecular weight is 822 g/mol. The third-order valence-corrected chi connectivity index (χ3v) is 12.1. The molecule has 3 N–H and O–H groups in total. The van der Waals surface area contributed by atoms with Crippen molar-refractivity contribution in [1.82, 2.24) is 9.88 Å². The summed E-state index contributed by atoms with van der Waals surface area (Å²) in [5, 5.41) is 11.2. The Balaban J connectivity index is 0.000000180. The molecule has 9 rings (SSSR count). The molecule has 4 heterocycles. The fraction of sp³-hybridized carbons (Fsp3) is 0.314. The number of nitrogens with two attached hydrogens (primary N) is 1. The number of benzene rings is 5. The summed E-state index contributed by atoms with van der Waals surface area (Å²) in [7, 11) is 6.28. The number of imidazole rings is 1. The van der Waals surface area contributed by atoms with Crippen LogP contribution in [0.25, 0.3) is 28.4 Å². The Morgan fingerprint density at radius 2 is 1.65 bits per heavy atom. The second-order valence-electron chi connectivity index (χ2n) is 16.4. The third-order valence-electron chi connectivity index (χ3n) is 11.9. The normalized spacial score (nSPS) is 16.9. The maximum Gasteiger partial charge on any atom is 0.291 e. The van der Waals surface area contributed by atoms with Gasteiger partial charge in [-0.2, -0.15) is 14.2 Å². The van der Waals surface area contributed by atoms with Gasteiger partial charge in [0.1, 0.15) is 18.4 Å². The first kappa shape index (κ1) is 42.6. The van der Waals surface area contributed by atoms with Crippen molar-refractivity contribution in [1.29, 1.82) is 0 Å². The highest BCUT2D eigenvalue weighted by atomic mass is 35.5. The van der Waals surface area contributed by atoms with Crippen molar-refractivity contribution < 1.29 is 9.14 Å². The van der Waals surface area contributed by atoms with Crippen LogP contribution in [0.4, 0.5) is 17.1 Å². The number of aryl methyl sites for hydroxylation is 2.